The van der Waals surface area contributed by atoms with Crippen molar-refractivity contribution in [3.63, 3.8) is 0 Å². The monoisotopic (exact) mass is 267 g/mol. The Morgan fingerprint density at radius 1 is 1.30 bits per heavy atom. The number of carbonyl (C=O) groups excluding carboxylic acids is 1. The van der Waals surface area contributed by atoms with Crippen LogP contribution in [0, 0.1) is 0 Å². The molecule has 2 heterocycles. The quantitative estimate of drug-likeness (QED) is 0.898. The molecule has 0 bridgehead atoms. The summed E-state index contributed by atoms with van der Waals surface area (Å²) in [7, 11) is 0. The van der Waals surface area contributed by atoms with Gasteiger partial charge in [-0.25, -0.2) is 0 Å². The van der Waals surface area contributed by atoms with Crippen molar-refractivity contribution in [2.24, 2.45) is 0 Å². The molecule has 1 aliphatic heterocycles. The standard InChI is InChI=1S/C16H17N3O/c1-11(12-4-7-17-8-5-12)19-16(20)14-3-2-13-6-9-18-15(13)10-14/h2-5,7-8,10-11,18H,6,9H2,1H3,(H,19,20)/t11-/m0/s1. The molecule has 3 rings (SSSR count). The molecule has 0 saturated carbocycles. The van der Waals surface area contributed by atoms with Gasteiger partial charge in [-0.3, -0.25) is 9.78 Å². The maximum atomic E-state index is 12.3. The number of rotatable bonds is 3. The van der Waals surface area contributed by atoms with Crippen LogP contribution in [0.5, 0.6) is 0 Å². The number of hydrogen-bond acceptors (Lipinski definition) is 3. The SMILES string of the molecule is C[C@H](NC(=O)c1ccc2c(c1)NCC2)c1ccncc1. The van der Waals surface area contributed by atoms with Crippen molar-refractivity contribution < 1.29 is 4.79 Å². The summed E-state index contributed by atoms with van der Waals surface area (Å²) >= 11 is 0. The summed E-state index contributed by atoms with van der Waals surface area (Å²) in [5, 5.41) is 6.30. The van der Waals surface area contributed by atoms with Gasteiger partial charge in [-0.15, -0.1) is 0 Å². The molecular weight excluding hydrogens is 250 g/mol. The minimum atomic E-state index is -0.0502. The Kier molecular flexibility index (Phi) is 3.37. The van der Waals surface area contributed by atoms with Gasteiger partial charge < -0.3 is 10.6 Å². The maximum Gasteiger partial charge on any atom is 0.251 e. The molecule has 102 valence electrons. The fourth-order valence-electron chi connectivity index (χ4n) is 2.45. The van der Waals surface area contributed by atoms with Gasteiger partial charge in [-0.1, -0.05) is 6.07 Å². The summed E-state index contributed by atoms with van der Waals surface area (Å²) in [6.07, 6.45) is 4.50. The lowest BCUT2D eigenvalue weighted by atomic mass is 10.1. The van der Waals surface area contributed by atoms with E-state index in [1.165, 1.54) is 5.56 Å². The molecule has 0 saturated heterocycles. The van der Waals surface area contributed by atoms with Gasteiger partial charge in [0.15, 0.2) is 0 Å². The van der Waals surface area contributed by atoms with Crippen LogP contribution in [0.15, 0.2) is 42.7 Å². The predicted octanol–water partition coefficient (Wildman–Crippen LogP) is 2.54. The number of hydrogen-bond donors (Lipinski definition) is 2. The number of benzene rings is 1. The first-order valence-corrected chi connectivity index (χ1v) is 6.81. The lowest BCUT2D eigenvalue weighted by molar-refractivity contribution is 0.0940. The Labute approximate surface area is 118 Å². The first-order chi connectivity index (χ1) is 9.74. The third-order valence-electron chi connectivity index (χ3n) is 3.64. The van der Waals surface area contributed by atoms with Crippen LogP contribution in [0.1, 0.15) is 34.5 Å². The molecule has 2 N–H and O–H groups in total. The molecule has 0 radical (unpaired) electrons. The van der Waals surface area contributed by atoms with Crippen LogP contribution in [-0.4, -0.2) is 17.4 Å². The van der Waals surface area contributed by atoms with Crippen molar-refractivity contribution in [1.29, 1.82) is 0 Å². The Bertz CT molecular complexity index is 625. The van der Waals surface area contributed by atoms with E-state index in [2.05, 4.69) is 15.6 Å². The fraction of sp³-hybridized carbons (Fsp3) is 0.250. The van der Waals surface area contributed by atoms with Crippen LogP contribution in [0.4, 0.5) is 5.69 Å². The van der Waals surface area contributed by atoms with E-state index in [4.69, 9.17) is 0 Å². The molecule has 4 heteroatoms. The van der Waals surface area contributed by atoms with Crippen LogP contribution < -0.4 is 10.6 Å². The molecule has 20 heavy (non-hydrogen) atoms. The number of nitrogens with zero attached hydrogens (tertiary/aromatic N) is 1. The fourth-order valence-corrected chi connectivity index (χ4v) is 2.45. The van der Waals surface area contributed by atoms with E-state index in [-0.39, 0.29) is 11.9 Å². The van der Waals surface area contributed by atoms with Gasteiger partial charge in [0.1, 0.15) is 0 Å². The molecule has 0 unspecified atom stereocenters. The highest BCUT2D eigenvalue weighted by molar-refractivity contribution is 5.95. The summed E-state index contributed by atoms with van der Waals surface area (Å²) in [5.74, 6) is -0.0502. The smallest absolute Gasteiger partial charge is 0.251 e. The van der Waals surface area contributed by atoms with E-state index in [9.17, 15) is 4.79 Å². The average molecular weight is 267 g/mol. The van der Waals surface area contributed by atoms with E-state index in [0.29, 0.717) is 5.56 Å². The largest absolute Gasteiger partial charge is 0.384 e. The van der Waals surface area contributed by atoms with E-state index < -0.39 is 0 Å². The molecule has 1 amide bonds. The van der Waals surface area contributed by atoms with Gasteiger partial charge in [0, 0.05) is 30.2 Å². The number of carbonyl (C=O) groups is 1. The van der Waals surface area contributed by atoms with Gasteiger partial charge in [-0.2, -0.15) is 0 Å². The number of anilines is 1. The Hall–Kier alpha value is -2.36. The average Bonchev–Trinajstić information content (AvgIpc) is 2.95. The van der Waals surface area contributed by atoms with E-state index >= 15 is 0 Å². The molecule has 1 aliphatic rings. The van der Waals surface area contributed by atoms with Crippen LogP contribution >= 0.6 is 0 Å². The van der Waals surface area contributed by atoms with E-state index in [0.717, 1.165) is 24.2 Å². The molecule has 0 aliphatic carbocycles. The van der Waals surface area contributed by atoms with Crippen molar-refractivity contribution >= 4 is 11.6 Å². The lowest BCUT2D eigenvalue weighted by Gasteiger charge is -2.14. The topological polar surface area (TPSA) is 54.0 Å². The maximum absolute atomic E-state index is 12.3. The zero-order valence-corrected chi connectivity index (χ0v) is 11.4. The number of pyridine rings is 1. The van der Waals surface area contributed by atoms with Gasteiger partial charge in [0.2, 0.25) is 0 Å². The normalized spacial score (nSPS) is 14.2. The molecular formula is C16H17N3O. The first kappa shape index (κ1) is 12.7. The van der Waals surface area contributed by atoms with Crippen molar-refractivity contribution in [2.75, 3.05) is 11.9 Å². The minimum Gasteiger partial charge on any atom is -0.384 e. The second-order valence-electron chi connectivity index (χ2n) is 5.02. The van der Waals surface area contributed by atoms with Gasteiger partial charge in [0.25, 0.3) is 5.91 Å². The lowest BCUT2D eigenvalue weighted by Crippen LogP contribution is -2.26. The molecule has 0 fully saturated rings. The molecule has 4 nitrogen and oxygen atoms in total. The molecule has 0 spiro atoms. The third kappa shape index (κ3) is 2.50. The Morgan fingerprint density at radius 2 is 2.10 bits per heavy atom. The van der Waals surface area contributed by atoms with Crippen LogP contribution in [-0.2, 0) is 6.42 Å². The number of aromatic nitrogens is 1. The Morgan fingerprint density at radius 3 is 2.90 bits per heavy atom. The van der Waals surface area contributed by atoms with Crippen molar-refractivity contribution in [2.45, 2.75) is 19.4 Å². The molecule has 2 aromatic rings. The van der Waals surface area contributed by atoms with Crippen molar-refractivity contribution in [3.05, 3.63) is 59.4 Å². The number of fused-ring (bicyclic) bond motifs is 1. The van der Waals surface area contributed by atoms with E-state index in [1.807, 2.05) is 37.3 Å². The van der Waals surface area contributed by atoms with Gasteiger partial charge >= 0.3 is 0 Å². The summed E-state index contributed by atoms with van der Waals surface area (Å²) in [5.41, 5.74) is 4.10. The second kappa shape index (κ2) is 5.33. The van der Waals surface area contributed by atoms with Crippen LogP contribution in [0.2, 0.25) is 0 Å². The summed E-state index contributed by atoms with van der Waals surface area (Å²) in [4.78, 5) is 16.3. The van der Waals surface area contributed by atoms with Gasteiger partial charge in [-0.05, 0) is 48.7 Å². The number of amides is 1. The van der Waals surface area contributed by atoms with Crippen LogP contribution in [0.3, 0.4) is 0 Å². The van der Waals surface area contributed by atoms with Crippen molar-refractivity contribution in [3.8, 4) is 0 Å². The molecule has 1 aromatic carbocycles. The minimum absolute atomic E-state index is 0.0355. The molecule has 1 atom stereocenters. The summed E-state index contributed by atoms with van der Waals surface area (Å²) in [6.45, 7) is 2.92. The Balaban J connectivity index is 1.73. The van der Waals surface area contributed by atoms with E-state index in [1.54, 1.807) is 12.4 Å². The first-order valence-electron chi connectivity index (χ1n) is 6.81. The zero-order chi connectivity index (χ0) is 13.9. The highest BCUT2D eigenvalue weighted by Gasteiger charge is 2.15. The predicted molar refractivity (Wildman–Crippen MR) is 78.8 cm³/mol. The summed E-state index contributed by atoms with van der Waals surface area (Å²) < 4.78 is 0. The third-order valence-corrected chi connectivity index (χ3v) is 3.64. The zero-order valence-electron chi connectivity index (χ0n) is 11.4. The van der Waals surface area contributed by atoms with Crippen molar-refractivity contribution in [1.82, 2.24) is 10.3 Å². The highest BCUT2D eigenvalue weighted by atomic mass is 16.1. The summed E-state index contributed by atoms with van der Waals surface area (Å²) in [6, 6.07) is 9.63. The highest BCUT2D eigenvalue weighted by Crippen LogP contribution is 2.23. The van der Waals surface area contributed by atoms with Crippen LogP contribution in [0.25, 0.3) is 0 Å². The van der Waals surface area contributed by atoms with Gasteiger partial charge in [0.05, 0.1) is 6.04 Å². The second-order valence-corrected chi connectivity index (χ2v) is 5.02. The molecule has 1 aromatic heterocycles. The number of nitrogens with one attached hydrogen (secondary N) is 2.